The highest BCUT2D eigenvalue weighted by Crippen LogP contribution is 2.43. The van der Waals surface area contributed by atoms with E-state index < -0.39 is 8.07 Å². The SMILES string of the molecule is CC(C)(C)[Si](c1ccccc1)(c1ccccc1)C(C=O)c1ccccc1. The van der Waals surface area contributed by atoms with Crippen LogP contribution in [0.5, 0.6) is 0 Å². The Hall–Kier alpha value is -2.45. The number of aldehydes is 1. The summed E-state index contributed by atoms with van der Waals surface area (Å²) >= 11 is 0. The summed E-state index contributed by atoms with van der Waals surface area (Å²) < 4.78 is 0. The lowest BCUT2D eigenvalue weighted by Crippen LogP contribution is -2.68. The van der Waals surface area contributed by atoms with Crippen LogP contribution in [0, 0.1) is 0 Å². The molecule has 0 aliphatic rings. The van der Waals surface area contributed by atoms with Gasteiger partial charge >= 0.3 is 0 Å². The molecule has 0 N–H and O–H groups in total. The molecule has 1 atom stereocenters. The Labute approximate surface area is 157 Å². The van der Waals surface area contributed by atoms with Crippen LogP contribution in [0.2, 0.25) is 5.04 Å². The van der Waals surface area contributed by atoms with E-state index in [-0.39, 0.29) is 10.6 Å². The molecule has 0 saturated carbocycles. The lowest BCUT2D eigenvalue weighted by molar-refractivity contribution is -0.107. The normalized spacial score (nSPS) is 13.2. The fourth-order valence-corrected chi connectivity index (χ4v) is 10.4. The molecule has 0 heterocycles. The van der Waals surface area contributed by atoms with Crippen molar-refractivity contribution in [2.24, 2.45) is 0 Å². The number of carbonyl (C=O) groups is 1. The van der Waals surface area contributed by atoms with Gasteiger partial charge in [0, 0.05) is 5.54 Å². The zero-order chi connectivity index (χ0) is 18.6. The summed E-state index contributed by atoms with van der Waals surface area (Å²) in [6.07, 6.45) is 1.19. The van der Waals surface area contributed by atoms with Crippen LogP contribution in [-0.2, 0) is 4.79 Å². The standard InChI is InChI=1S/C24H26OSi/c1-24(2,3)26(21-15-9-5-10-16-21,22-17-11-6-12-18-22)23(19-25)20-13-7-4-8-14-20/h4-19,23H,1-3H3. The highest BCUT2D eigenvalue weighted by Gasteiger charge is 2.53. The molecule has 3 aromatic carbocycles. The fourth-order valence-electron chi connectivity index (χ4n) is 4.35. The lowest BCUT2D eigenvalue weighted by atomic mass is 10.1. The van der Waals surface area contributed by atoms with Crippen molar-refractivity contribution in [2.45, 2.75) is 31.4 Å². The van der Waals surface area contributed by atoms with Crippen LogP contribution < -0.4 is 10.4 Å². The summed E-state index contributed by atoms with van der Waals surface area (Å²) in [6.45, 7) is 6.87. The van der Waals surface area contributed by atoms with Crippen molar-refractivity contribution in [1.29, 1.82) is 0 Å². The van der Waals surface area contributed by atoms with Gasteiger partial charge in [0.1, 0.15) is 14.4 Å². The third-order valence-corrected chi connectivity index (χ3v) is 11.7. The average molecular weight is 359 g/mol. The highest BCUT2D eigenvalue weighted by molar-refractivity contribution is 7.06. The second kappa shape index (κ2) is 7.43. The van der Waals surface area contributed by atoms with Gasteiger partial charge in [0.2, 0.25) is 0 Å². The summed E-state index contributed by atoms with van der Waals surface area (Å²) in [4.78, 5) is 12.6. The van der Waals surface area contributed by atoms with Gasteiger partial charge in [0.25, 0.3) is 0 Å². The lowest BCUT2D eigenvalue weighted by Gasteiger charge is -2.47. The molecule has 0 spiro atoms. The summed E-state index contributed by atoms with van der Waals surface area (Å²) in [7, 11) is -2.49. The topological polar surface area (TPSA) is 17.1 Å². The van der Waals surface area contributed by atoms with Crippen molar-refractivity contribution < 1.29 is 4.79 Å². The Kier molecular flexibility index (Phi) is 5.24. The zero-order valence-electron chi connectivity index (χ0n) is 15.7. The highest BCUT2D eigenvalue weighted by atomic mass is 28.3. The summed E-state index contributed by atoms with van der Waals surface area (Å²) in [5.74, 6) is 0. The average Bonchev–Trinajstić information content (AvgIpc) is 2.67. The molecule has 0 fully saturated rings. The van der Waals surface area contributed by atoms with Crippen LogP contribution in [0.3, 0.4) is 0 Å². The molecule has 26 heavy (non-hydrogen) atoms. The van der Waals surface area contributed by atoms with E-state index in [1.165, 1.54) is 16.7 Å². The van der Waals surface area contributed by atoms with Gasteiger partial charge in [-0.15, -0.1) is 0 Å². The van der Waals surface area contributed by atoms with E-state index in [0.29, 0.717) is 0 Å². The number of rotatable bonds is 5. The summed E-state index contributed by atoms with van der Waals surface area (Å²) in [6, 6.07) is 31.6. The minimum absolute atomic E-state index is 0.0445. The molecule has 0 aromatic heterocycles. The zero-order valence-corrected chi connectivity index (χ0v) is 16.7. The summed E-state index contributed by atoms with van der Waals surface area (Å²) in [5.41, 5.74) is 0.963. The van der Waals surface area contributed by atoms with Gasteiger partial charge in [0.15, 0.2) is 0 Å². The van der Waals surface area contributed by atoms with Gasteiger partial charge in [-0.25, -0.2) is 0 Å². The number of hydrogen-bond donors (Lipinski definition) is 0. The van der Waals surface area contributed by atoms with E-state index in [4.69, 9.17) is 0 Å². The number of hydrogen-bond acceptors (Lipinski definition) is 1. The maximum absolute atomic E-state index is 12.6. The molecule has 0 aliphatic carbocycles. The third kappa shape index (κ3) is 3.06. The second-order valence-corrected chi connectivity index (χ2v) is 12.7. The van der Waals surface area contributed by atoms with Crippen LogP contribution in [0.25, 0.3) is 0 Å². The Morgan fingerprint density at radius 2 is 1.08 bits per heavy atom. The van der Waals surface area contributed by atoms with Crippen molar-refractivity contribution in [2.75, 3.05) is 0 Å². The van der Waals surface area contributed by atoms with Gasteiger partial charge < -0.3 is 4.79 Å². The van der Waals surface area contributed by atoms with Crippen molar-refractivity contribution in [3.05, 3.63) is 96.6 Å². The smallest absolute Gasteiger partial charge is 0.137 e. The van der Waals surface area contributed by atoms with E-state index in [2.05, 4.69) is 93.6 Å². The van der Waals surface area contributed by atoms with Crippen LogP contribution in [0.4, 0.5) is 0 Å². The van der Waals surface area contributed by atoms with E-state index >= 15 is 0 Å². The van der Waals surface area contributed by atoms with E-state index in [0.717, 1.165) is 5.56 Å². The molecule has 0 amide bonds. The predicted molar refractivity (Wildman–Crippen MR) is 113 cm³/mol. The molecule has 0 bridgehead atoms. The van der Waals surface area contributed by atoms with Crippen LogP contribution in [-0.4, -0.2) is 14.4 Å². The second-order valence-electron chi connectivity index (χ2n) is 7.81. The molecule has 2 heteroatoms. The first kappa shape index (κ1) is 18.3. The quantitative estimate of drug-likeness (QED) is 0.482. The largest absolute Gasteiger partial charge is 0.303 e. The Balaban J connectivity index is 2.40. The van der Waals surface area contributed by atoms with E-state index in [9.17, 15) is 4.79 Å². The Morgan fingerprint density at radius 1 is 0.692 bits per heavy atom. The van der Waals surface area contributed by atoms with Crippen LogP contribution in [0.1, 0.15) is 31.9 Å². The Bertz CT molecular complexity index is 796. The first-order chi connectivity index (χ1) is 12.5. The molecule has 3 rings (SSSR count). The number of carbonyl (C=O) groups excluding carboxylic acids is 1. The molecular formula is C24H26OSi. The van der Waals surface area contributed by atoms with E-state index in [1.54, 1.807) is 0 Å². The van der Waals surface area contributed by atoms with E-state index in [1.807, 2.05) is 18.2 Å². The minimum atomic E-state index is -2.49. The first-order valence-electron chi connectivity index (χ1n) is 9.13. The Morgan fingerprint density at radius 3 is 1.42 bits per heavy atom. The van der Waals surface area contributed by atoms with Crippen LogP contribution >= 0.6 is 0 Å². The fraction of sp³-hybridized carbons (Fsp3) is 0.208. The minimum Gasteiger partial charge on any atom is -0.303 e. The molecular weight excluding hydrogens is 332 g/mol. The summed E-state index contributed by atoms with van der Waals surface area (Å²) in [5, 5.41) is 2.57. The van der Waals surface area contributed by atoms with Gasteiger partial charge in [0.05, 0.1) is 0 Å². The molecule has 1 unspecified atom stereocenters. The monoisotopic (exact) mass is 358 g/mol. The van der Waals surface area contributed by atoms with Crippen molar-refractivity contribution in [1.82, 2.24) is 0 Å². The first-order valence-corrected chi connectivity index (χ1v) is 11.2. The van der Waals surface area contributed by atoms with Crippen molar-refractivity contribution >= 4 is 24.7 Å². The predicted octanol–water partition coefficient (Wildman–Crippen LogP) is 4.57. The molecule has 132 valence electrons. The molecule has 0 aliphatic heterocycles. The van der Waals surface area contributed by atoms with Crippen LogP contribution in [0.15, 0.2) is 91.0 Å². The third-order valence-electron chi connectivity index (χ3n) is 5.40. The maximum atomic E-state index is 12.6. The molecule has 0 radical (unpaired) electrons. The molecule has 0 saturated heterocycles. The van der Waals surface area contributed by atoms with Gasteiger partial charge in [-0.2, -0.15) is 0 Å². The van der Waals surface area contributed by atoms with Gasteiger partial charge in [-0.1, -0.05) is 122 Å². The van der Waals surface area contributed by atoms with Gasteiger partial charge in [-0.05, 0) is 10.6 Å². The van der Waals surface area contributed by atoms with Crippen molar-refractivity contribution in [3.63, 3.8) is 0 Å². The van der Waals surface area contributed by atoms with Gasteiger partial charge in [-0.3, -0.25) is 0 Å². The molecule has 3 aromatic rings. The van der Waals surface area contributed by atoms with Crippen molar-refractivity contribution in [3.8, 4) is 0 Å². The molecule has 1 nitrogen and oxygen atoms in total. The maximum Gasteiger partial charge on any atom is 0.137 e. The number of benzene rings is 3.